The van der Waals surface area contributed by atoms with E-state index < -0.39 is 5.60 Å². The Hall–Kier alpha value is -4.26. The second kappa shape index (κ2) is 11.7. The lowest BCUT2D eigenvalue weighted by Gasteiger charge is -2.66. The molecule has 0 radical (unpaired) electrons. The van der Waals surface area contributed by atoms with E-state index in [0.29, 0.717) is 41.8 Å². The van der Waals surface area contributed by atoms with Crippen LogP contribution in [-0.4, -0.2) is 121 Å². The number of hydrogen-bond donors (Lipinski definition) is 1. The summed E-state index contributed by atoms with van der Waals surface area (Å²) in [5, 5.41) is 4.01. The highest BCUT2D eigenvalue weighted by molar-refractivity contribution is 5.98. The number of pyridine rings is 1. The second-order valence-corrected chi connectivity index (χ2v) is 16.4. The third kappa shape index (κ3) is 5.79. The number of carbonyl (C=O) groups is 3. The number of ether oxygens (including phenoxy) is 1. The third-order valence-corrected chi connectivity index (χ3v) is 10.9. The minimum Gasteiger partial charge on any atom is -0.444 e. The zero-order chi connectivity index (χ0) is 35.0. The topological polar surface area (TPSA) is 129 Å². The number of fused-ring (bicyclic) bond motifs is 1. The van der Waals surface area contributed by atoms with Gasteiger partial charge < -0.3 is 24.4 Å². The van der Waals surface area contributed by atoms with Crippen molar-refractivity contribution in [3.8, 4) is 0 Å². The predicted octanol–water partition coefficient (Wildman–Crippen LogP) is 4.93. The SMILES string of the molecule is CN(C)C(=O)c1cc2cnc(Nc3ccc(C(=O)N4CC5N(C(=O)OC(C)(C)C)C6CCC65C4)cn3)nc2n1C1CCN(C(C)(C)C)CC1. The molecule has 3 aromatic heterocycles. The molecule has 3 atom stereocenters. The maximum absolute atomic E-state index is 13.6. The van der Waals surface area contributed by atoms with Crippen molar-refractivity contribution in [2.45, 2.75) is 96.5 Å². The molecule has 1 N–H and O–H groups in total. The van der Waals surface area contributed by atoms with E-state index in [1.54, 1.807) is 43.5 Å². The number of rotatable bonds is 5. The van der Waals surface area contributed by atoms with E-state index in [9.17, 15) is 14.4 Å². The van der Waals surface area contributed by atoms with Gasteiger partial charge in [0.15, 0.2) is 0 Å². The highest BCUT2D eigenvalue weighted by Crippen LogP contribution is 2.61. The summed E-state index contributed by atoms with van der Waals surface area (Å²) in [5.74, 6) is 0.711. The van der Waals surface area contributed by atoms with Crippen LogP contribution in [0.2, 0.25) is 0 Å². The third-order valence-electron chi connectivity index (χ3n) is 10.9. The lowest BCUT2D eigenvalue weighted by Crippen LogP contribution is -2.77. The van der Waals surface area contributed by atoms with Crippen molar-refractivity contribution in [3.05, 3.63) is 41.9 Å². The maximum atomic E-state index is 13.6. The molecule has 4 aliphatic rings. The van der Waals surface area contributed by atoms with Crippen LogP contribution in [0, 0.1) is 5.41 Å². The summed E-state index contributed by atoms with van der Waals surface area (Å²) in [5.41, 5.74) is 1.32. The van der Waals surface area contributed by atoms with Crippen LogP contribution in [0.4, 0.5) is 16.6 Å². The van der Waals surface area contributed by atoms with Crippen LogP contribution in [0.3, 0.4) is 0 Å². The number of carbonyl (C=O) groups excluding carboxylic acids is 3. The van der Waals surface area contributed by atoms with Crippen molar-refractivity contribution < 1.29 is 19.1 Å². The molecule has 3 saturated heterocycles. The number of amides is 3. The summed E-state index contributed by atoms with van der Waals surface area (Å²) in [6.07, 6.45) is 6.82. The summed E-state index contributed by atoms with van der Waals surface area (Å²) in [6.45, 7) is 15.4. The van der Waals surface area contributed by atoms with Crippen LogP contribution in [0.5, 0.6) is 0 Å². The zero-order valence-electron chi connectivity index (χ0n) is 30.0. The van der Waals surface area contributed by atoms with E-state index in [2.05, 4.69) is 45.5 Å². The molecule has 49 heavy (non-hydrogen) atoms. The van der Waals surface area contributed by atoms with Gasteiger partial charge in [-0.15, -0.1) is 0 Å². The van der Waals surface area contributed by atoms with Crippen molar-refractivity contribution in [3.63, 3.8) is 0 Å². The minimum absolute atomic E-state index is 0.00969. The summed E-state index contributed by atoms with van der Waals surface area (Å²) in [7, 11) is 3.53. The van der Waals surface area contributed by atoms with Crippen molar-refractivity contribution >= 4 is 40.7 Å². The van der Waals surface area contributed by atoms with Gasteiger partial charge in [0.2, 0.25) is 5.95 Å². The fraction of sp³-hybridized carbons (Fsp3) is 0.611. The fourth-order valence-electron chi connectivity index (χ4n) is 8.29. The quantitative estimate of drug-likeness (QED) is 0.402. The molecule has 6 heterocycles. The number of hydrogen-bond acceptors (Lipinski definition) is 9. The number of anilines is 2. The normalized spacial score (nSPS) is 24.2. The molecular weight excluding hydrogens is 622 g/mol. The Morgan fingerprint density at radius 3 is 2.31 bits per heavy atom. The Morgan fingerprint density at radius 2 is 1.71 bits per heavy atom. The van der Waals surface area contributed by atoms with Gasteiger partial charge in [-0.3, -0.25) is 19.4 Å². The molecule has 3 aromatic rings. The van der Waals surface area contributed by atoms with Gasteiger partial charge in [-0.1, -0.05) is 0 Å². The summed E-state index contributed by atoms with van der Waals surface area (Å²) in [6, 6.07) is 5.67. The van der Waals surface area contributed by atoms with Gasteiger partial charge in [0.1, 0.15) is 22.8 Å². The first kappa shape index (κ1) is 33.2. The number of aromatic nitrogens is 4. The molecule has 13 nitrogen and oxygen atoms in total. The lowest BCUT2D eigenvalue weighted by atomic mass is 9.54. The van der Waals surface area contributed by atoms with Crippen molar-refractivity contribution in [1.29, 1.82) is 0 Å². The van der Waals surface area contributed by atoms with Crippen LogP contribution in [-0.2, 0) is 4.74 Å². The molecule has 3 aliphatic heterocycles. The summed E-state index contributed by atoms with van der Waals surface area (Å²) in [4.78, 5) is 61.6. The Morgan fingerprint density at radius 1 is 0.980 bits per heavy atom. The molecule has 1 aliphatic carbocycles. The highest BCUT2D eigenvalue weighted by Gasteiger charge is 2.71. The fourth-order valence-corrected chi connectivity index (χ4v) is 8.29. The molecule has 1 saturated carbocycles. The van der Waals surface area contributed by atoms with Gasteiger partial charge in [0, 0.05) is 81.1 Å². The Bertz CT molecular complexity index is 1780. The van der Waals surface area contributed by atoms with Gasteiger partial charge in [0.25, 0.3) is 11.8 Å². The molecule has 1 spiro atoms. The number of nitrogens with one attached hydrogen (secondary N) is 1. The van der Waals surface area contributed by atoms with Crippen LogP contribution in [0.25, 0.3) is 11.0 Å². The lowest BCUT2D eigenvalue weighted by molar-refractivity contribution is -0.165. The first-order valence-electron chi connectivity index (χ1n) is 17.4. The predicted molar refractivity (Wildman–Crippen MR) is 186 cm³/mol. The summed E-state index contributed by atoms with van der Waals surface area (Å²) >= 11 is 0. The van der Waals surface area contributed by atoms with Crippen molar-refractivity contribution in [2.24, 2.45) is 5.41 Å². The Labute approximate surface area is 288 Å². The number of nitrogens with zero attached hydrogens (tertiary/aromatic N) is 8. The largest absolute Gasteiger partial charge is 0.444 e. The van der Waals surface area contributed by atoms with E-state index in [1.807, 2.05) is 36.6 Å². The van der Waals surface area contributed by atoms with Crippen LogP contribution in [0.1, 0.15) is 94.1 Å². The second-order valence-electron chi connectivity index (χ2n) is 16.4. The Kier molecular flexibility index (Phi) is 7.92. The van der Waals surface area contributed by atoms with Crippen molar-refractivity contribution in [2.75, 3.05) is 45.6 Å². The molecule has 0 bridgehead atoms. The maximum Gasteiger partial charge on any atom is 0.410 e. The molecule has 3 amide bonds. The van der Waals surface area contributed by atoms with Crippen LogP contribution < -0.4 is 5.32 Å². The highest BCUT2D eigenvalue weighted by atomic mass is 16.6. The minimum atomic E-state index is -0.562. The van der Waals surface area contributed by atoms with E-state index in [4.69, 9.17) is 9.72 Å². The molecule has 262 valence electrons. The van der Waals surface area contributed by atoms with Gasteiger partial charge in [-0.25, -0.2) is 14.8 Å². The van der Waals surface area contributed by atoms with Crippen molar-refractivity contribution in [1.82, 2.24) is 39.1 Å². The first-order chi connectivity index (χ1) is 23.1. The number of likely N-dealkylation sites (tertiary alicyclic amines) is 3. The molecular formula is C36H49N9O4. The summed E-state index contributed by atoms with van der Waals surface area (Å²) < 4.78 is 7.77. The van der Waals surface area contributed by atoms with E-state index in [1.165, 1.54) is 0 Å². The Balaban J connectivity index is 1.06. The average Bonchev–Trinajstić information content (AvgIpc) is 3.60. The van der Waals surface area contributed by atoms with Gasteiger partial charge in [-0.05, 0) is 85.4 Å². The molecule has 0 aromatic carbocycles. The van der Waals surface area contributed by atoms with E-state index >= 15 is 0 Å². The molecule has 4 fully saturated rings. The monoisotopic (exact) mass is 671 g/mol. The zero-order valence-corrected chi connectivity index (χ0v) is 30.0. The number of piperidine rings is 2. The van der Waals surface area contributed by atoms with E-state index in [-0.39, 0.29) is 47.0 Å². The molecule has 7 rings (SSSR count). The molecule has 13 heteroatoms. The standard InChI is InChI=1S/C36H49N9O4/c1-34(2,3)43-15-12-24(13-16-43)44-25(31(47)41(7)8)17-23-19-38-32(40-29(23)44)39-28-10-9-22(18-37-28)30(46)42-20-27-36(21-42)14-11-26(36)45(27)33(48)49-35(4,5)6/h9-10,17-19,24,26-27H,11-16,20-21H2,1-8H3,(H,37,38,39,40). The first-order valence-corrected chi connectivity index (χ1v) is 17.4. The van der Waals surface area contributed by atoms with E-state index in [0.717, 1.165) is 44.2 Å². The van der Waals surface area contributed by atoms with Gasteiger partial charge in [0.05, 0.1) is 11.6 Å². The van der Waals surface area contributed by atoms with Gasteiger partial charge >= 0.3 is 6.09 Å². The average molecular weight is 672 g/mol. The van der Waals surface area contributed by atoms with Gasteiger partial charge in [-0.2, -0.15) is 4.98 Å². The van der Waals surface area contributed by atoms with Crippen LogP contribution in [0.15, 0.2) is 30.6 Å². The molecule has 3 unspecified atom stereocenters. The van der Waals surface area contributed by atoms with Crippen LogP contribution >= 0.6 is 0 Å². The smallest absolute Gasteiger partial charge is 0.410 e.